The second kappa shape index (κ2) is 6.31. The second-order valence-electron chi connectivity index (χ2n) is 5.20. The number of halogens is 1. The van der Waals surface area contributed by atoms with E-state index in [1.54, 1.807) is 25.3 Å². The molecule has 0 bridgehead atoms. The molecule has 1 unspecified atom stereocenters. The van der Waals surface area contributed by atoms with Gasteiger partial charge in [0.2, 0.25) is 0 Å². The highest BCUT2D eigenvalue weighted by molar-refractivity contribution is 7.91. The monoisotopic (exact) mass is 349 g/mol. The summed E-state index contributed by atoms with van der Waals surface area (Å²) in [5.41, 5.74) is 2.34. The van der Waals surface area contributed by atoms with Crippen molar-refractivity contribution in [2.75, 3.05) is 26.1 Å². The molecule has 23 heavy (non-hydrogen) atoms. The van der Waals surface area contributed by atoms with E-state index in [2.05, 4.69) is 9.97 Å². The van der Waals surface area contributed by atoms with E-state index in [1.165, 1.54) is 0 Å². The number of H-pyrrole nitrogens is 1. The highest BCUT2D eigenvalue weighted by atomic mass is 35.5. The van der Waals surface area contributed by atoms with Crippen LogP contribution in [0.1, 0.15) is 0 Å². The van der Waals surface area contributed by atoms with Crippen molar-refractivity contribution in [1.29, 1.82) is 0 Å². The smallest absolute Gasteiger partial charge is 0.327 e. The van der Waals surface area contributed by atoms with Gasteiger partial charge in [0.05, 0.1) is 35.0 Å². The molecule has 0 spiro atoms. The Labute approximate surface area is 142 Å². The van der Waals surface area contributed by atoms with Crippen LogP contribution in [0.3, 0.4) is 0 Å². The van der Waals surface area contributed by atoms with Gasteiger partial charge in [-0.2, -0.15) is 4.98 Å². The minimum atomic E-state index is -1.46. The molecule has 1 heterocycles. The van der Waals surface area contributed by atoms with Crippen molar-refractivity contribution in [3.63, 3.8) is 0 Å². The summed E-state index contributed by atoms with van der Waals surface area (Å²) in [6.45, 7) is 0. The average molecular weight is 350 g/mol. The maximum absolute atomic E-state index is 13.0. The first-order chi connectivity index (χ1) is 11.0. The normalized spacial score (nSPS) is 12.4. The predicted octanol–water partition coefficient (Wildman–Crippen LogP) is 3.46. The maximum atomic E-state index is 13.0. The van der Waals surface area contributed by atoms with Gasteiger partial charge in [-0.15, -0.1) is 0 Å². The van der Waals surface area contributed by atoms with Crippen LogP contribution in [0.4, 0.5) is 5.69 Å². The molecule has 0 saturated carbocycles. The molecule has 0 saturated heterocycles. The number of ether oxygens (including phenoxy) is 1. The Kier molecular flexibility index (Phi) is 4.39. The summed E-state index contributed by atoms with van der Waals surface area (Å²) >= 11 is 4.52. The molecule has 0 amide bonds. The van der Waals surface area contributed by atoms with Crippen LogP contribution in [0.5, 0.6) is 5.75 Å². The number of imidazole rings is 1. The Morgan fingerprint density at radius 1 is 1.22 bits per heavy atom. The van der Waals surface area contributed by atoms with Crippen molar-refractivity contribution in [3.05, 3.63) is 41.4 Å². The minimum absolute atomic E-state index is 0.388. The molecule has 1 atom stereocenters. The van der Waals surface area contributed by atoms with Crippen molar-refractivity contribution < 1.29 is 9.29 Å². The third-order valence-corrected chi connectivity index (χ3v) is 4.95. The topological polar surface area (TPSA) is 64.2 Å². The largest absolute Gasteiger partial charge is 0.604 e. The Balaban J connectivity index is 2.08. The zero-order valence-electron chi connectivity index (χ0n) is 13.0. The van der Waals surface area contributed by atoms with E-state index in [1.807, 2.05) is 37.2 Å². The van der Waals surface area contributed by atoms with E-state index < -0.39 is 11.2 Å². The molecule has 1 aromatic heterocycles. The fourth-order valence-corrected chi connectivity index (χ4v) is 3.71. The molecule has 0 aliphatic heterocycles. The number of rotatable bonds is 4. The molecule has 3 rings (SSSR count). The Bertz CT molecular complexity index is 850. The molecule has 120 valence electrons. The van der Waals surface area contributed by atoms with Gasteiger partial charge in [0.25, 0.3) is 0 Å². The van der Waals surface area contributed by atoms with Crippen molar-refractivity contribution in [2.24, 2.45) is 0 Å². The van der Waals surface area contributed by atoms with Crippen molar-refractivity contribution >= 4 is 39.5 Å². The quantitative estimate of drug-likeness (QED) is 0.733. The molecular formula is C16H16ClN3O2S. The number of nitrogens with zero attached hydrogens (tertiary/aromatic N) is 2. The first-order valence-corrected chi connectivity index (χ1v) is 8.45. The molecule has 0 aliphatic carbocycles. The van der Waals surface area contributed by atoms with Gasteiger partial charge in [-0.25, -0.2) is 0 Å². The summed E-state index contributed by atoms with van der Waals surface area (Å²) in [7, 11) is 5.39. The second-order valence-corrected chi connectivity index (χ2v) is 7.00. The van der Waals surface area contributed by atoms with Crippen molar-refractivity contribution in [1.82, 2.24) is 9.97 Å². The zero-order chi connectivity index (χ0) is 16.6. The Morgan fingerprint density at radius 2 is 2.00 bits per heavy atom. The molecule has 0 aliphatic rings. The van der Waals surface area contributed by atoms with Crippen LogP contribution >= 0.6 is 11.6 Å². The standard InChI is InChI=1S/C16H16ClN3O2S/c1-20(2)14-7-5-11(22-3)9-15(14)23(21)16-18-12-6-4-10(17)8-13(12)19-16/h4-9H,1-3H3,(H,18,19). The number of nitrogens with one attached hydrogen (secondary N) is 1. The van der Waals surface area contributed by atoms with E-state index in [0.717, 1.165) is 11.2 Å². The Morgan fingerprint density at radius 3 is 2.70 bits per heavy atom. The SMILES string of the molecule is COc1ccc(N(C)C)c([S+]([O-])c2nc3cc(Cl)ccc3[nH]2)c1. The summed E-state index contributed by atoms with van der Waals surface area (Å²) in [5, 5.41) is 0.982. The van der Waals surface area contributed by atoms with E-state index >= 15 is 0 Å². The number of fused-ring (bicyclic) bond motifs is 1. The number of benzene rings is 2. The van der Waals surface area contributed by atoms with Crippen LogP contribution in [-0.2, 0) is 11.2 Å². The fourth-order valence-electron chi connectivity index (χ4n) is 2.29. The molecule has 1 N–H and O–H groups in total. The van der Waals surface area contributed by atoms with E-state index in [-0.39, 0.29) is 0 Å². The van der Waals surface area contributed by atoms with Crippen LogP contribution in [0.2, 0.25) is 5.02 Å². The van der Waals surface area contributed by atoms with Gasteiger partial charge < -0.3 is 14.2 Å². The van der Waals surface area contributed by atoms with E-state index in [0.29, 0.717) is 26.3 Å². The van der Waals surface area contributed by atoms with Crippen molar-refractivity contribution in [2.45, 2.75) is 10.1 Å². The lowest BCUT2D eigenvalue weighted by Gasteiger charge is -2.18. The van der Waals surface area contributed by atoms with Crippen LogP contribution in [0, 0.1) is 0 Å². The van der Waals surface area contributed by atoms with E-state index in [9.17, 15) is 4.55 Å². The van der Waals surface area contributed by atoms with Crippen LogP contribution in [-0.4, -0.2) is 35.7 Å². The van der Waals surface area contributed by atoms with Gasteiger partial charge in [0.1, 0.15) is 5.75 Å². The summed E-state index contributed by atoms with van der Waals surface area (Å²) in [4.78, 5) is 10.0. The fraction of sp³-hybridized carbons (Fsp3) is 0.188. The minimum Gasteiger partial charge on any atom is -0.604 e. The molecule has 7 heteroatoms. The average Bonchev–Trinajstić information content (AvgIpc) is 2.96. The zero-order valence-corrected chi connectivity index (χ0v) is 14.5. The van der Waals surface area contributed by atoms with Gasteiger partial charge in [0.15, 0.2) is 4.90 Å². The molecule has 2 aromatic carbocycles. The third-order valence-electron chi connectivity index (χ3n) is 3.45. The predicted molar refractivity (Wildman–Crippen MR) is 93.1 cm³/mol. The first kappa shape index (κ1) is 16.0. The highest BCUT2D eigenvalue weighted by Crippen LogP contribution is 2.32. The summed E-state index contributed by atoms with van der Waals surface area (Å²) in [6, 6.07) is 10.8. The number of aromatic amines is 1. The third kappa shape index (κ3) is 3.10. The highest BCUT2D eigenvalue weighted by Gasteiger charge is 2.25. The Hall–Kier alpha value is -1.89. The first-order valence-electron chi connectivity index (χ1n) is 6.92. The molecule has 0 radical (unpaired) electrons. The van der Waals surface area contributed by atoms with Gasteiger partial charge in [-0.3, -0.25) is 4.98 Å². The number of anilines is 1. The van der Waals surface area contributed by atoms with E-state index in [4.69, 9.17) is 16.3 Å². The van der Waals surface area contributed by atoms with Crippen molar-refractivity contribution in [3.8, 4) is 5.75 Å². The number of methoxy groups -OCH3 is 1. The lowest BCUT2D eigenvalue weighted by molar-refractivity contribution is 0.413. The van der Waals surface area contributed by atoms with Gasteiger partial charge >= 0.3 is 5.16 Å². The number of hydrogen-bond acceptors (Lipinski definition) is 4. The van der Waals surface area contributed by atoms with Gasteiger partial charge in [0, 0.05) is 25.2 Å². The lowest BCUT2D eigenvalue weighted by Crippen LogP contribution is -2.15. The van der Waals surface area contributed by atoms with Crippen LogP contribution in [0.15, 0.2) is 46.5 Å². The maximum Gasteiger partial charge on any atom is 0.327 e. The van der Waals surface area contributed by atoms with Crippen LogP contribution < -0.4 is 9.64 Å². The summed E-state index contributed by atoms with van der Waals surface area (Å²) < 4.78 is 18.2. The van der Waals surface area contributed by atoms with Crippen LogP contribution in [0.25, 0.3) is 11.0 Å². The summed E-state index contributed by atoms with van der Waals surface area (Å²) in [6.07, 6.45) is 0. The molecule has 3 aromatic rings. The molecule has 0 fully saturated rings. The lowest BCUT2D eigenvalue weighted by atomic mass is 10.3. The molecule has 5 nitrogen and oxygen atoms in total. The van der Waals surface area contributed by atoms with Gasteiger partial charge in [-0.1, -0.05) is 11.6 Å². The summed E-state index contributed by atoms with van der Waals surface area (Å²) in [5.74, 6) is 0.651. The molecular weight excluding hydrogens is 334 g/mol. The number of aromatic nitrogens is 2. The van der Waals surface area contributed by atoms with Gasteiger partial charge in [-0.05, 0) is 30.3 Å². The number of hydrogen-bond donors (Lipinski definition) is 1.